The summed E-state index contributed by atoms with van der Waals surface area (Å²) in [6.07, 6.45) is 2.60. The van der Waals surface area contributed by atoms with E-state index in [2.05, 4.69) is 25.7 Å². The van der Waals surface area contributed by atoms with Crippen molar-refractivity contribution in [3.63, 3.8) is 0 Å². The van der Waals surface area contributed by atoms with Gasteiger partial charge in [-0.05, 0) is 43.8 Å². The van der Waals surface area contributed by atoms with Gasteiger partial charge in [0.1, 0.15) is 0 Å². The van der Waals surface area contributed by atoms with Gasteiger partial charge in [-0.25, -0.2) is 0 Å². The average molecular weight is 257 g/mol. The van der Waals surface area contributed by atoms with Gasteiger partial charge in [0.2, 0.25) is 0 Å². The number of halogens is 2. The van der Waals surface area contributed by atoms with Crippen LogP contribution < -0.4 is 5.73 Å². The lowest BCUT2D eigenvalue weighted by atomic mass is 9.92. The molecule has 1 rings (SSSR count). The summed E-state index contributed by atoms with van der Waals surface area (Å²) in [4.78, 5) is 2.58. The van der Waals surface area contributed by atoms with Crippen LogP contribution in [0.1, 0.15) is 33.6 Å². The Morgan fingerprint density at radius 1 is 1.13 bits per heavy atom. The van der Waals surface area contributed by atoms with E-state index in [-0.39, 0.29) is 24.8 Å². The number of nitrogens with zero attached hydrogens (tertiary/aromatic N) is 1. The van der Waals surface area contributed by atoms with Crippen molar-refractivity contribution in [3.05, 3.63) is 0 Å². The lowest BCUT2D eigenvalue weighted by Crippen LogP contribution is -2.40. The Bertz CT molecular complexity index is 149. The van der Waals surface area contributed by atoms with E-state index in [1.54, 1.807) is 0 Å². The van der Waals surface area contributed by atoms with Gasteiger partial charge in [0, 0.05) is 6.54 Å². The van der Waals surface area contributed by atoms with E-state index in [0.717, 1.165) is 12.5 Å². The SMILES string of the molecule is CC(C)(C)CN1CCC(CN)CC1.Cl.Cl. The van der Waals surface area contributed by atoms with Gasteiger partial charge in [0.15, 0.2) is 0 Å². The highest BCUT2D eigenvalue weighted by Gasteiger charge is 2.21. The second-order valence-corrected chi connectivity index (χ2v) is 5.52. The number of hydrogen-bond donors (Lipinski definition) is 1. The first-order valence-corrected chi connectivity index (χ1v) is 5.44. The highest BCUT2D eigenvalue weighted by molar-refractivity contribution is 5.85. The van der Waals surface area contributed by atoms with Gasteiger partial charge in [-0.2, -0.15) is 0 Å². The highest BCUT2D eigenvalue weighted by atomic mass is 35.5. The standard InChI is InChI=1S/C11H24N2.2ClH/c1-11(2,3)9-13-6-4-10(8-12)5-7-13;;/h10H,4-9,12H2,1-3H3;2*1H. The first-order chi connectivity index (χ1) is 6.01. The molecular weight excluding hydrogens is 231 g/mol. The van der Waals surface area contributed by atoms with Crippen LogP contribution >= 0.6 is 24.8 Å². The molecule has 1 fully saturated rings. The normalized spacial score (nSPS) is 19.2. The smallest absolute Gasteiger partial charge is 0.00300 e. The third-order valence-electron chi connectivity index (χ3n) is 2.74. The minimum absolute atomic E-state index is 0. The van der Waals surface area contributed by atoms with Crippen LogP contribution in [0.3, 0.4) is 0 Å². The summed E-state index contributed by atoms with van der Waals surface area (Å²) in [6, 6.07) is 0. The van der Waals surface area contributed by atoms with Crippen molar-refractivity contribution in [2.45, 2.75) is 33.6 Å². The summed E-state index contributed by atoms with van der Waals surface area (Å²) in [6.45, 7) is 11.5. The molecule has 4 heteroatoms. The van der Waals surface area contributed by atoms with Gasteiger partial charge < -0.3 is 10.6 Å². The molecule has 0 atom stereocenters. The van der Waals surface area contributed by atoms with E-state index in [4.69, 9.17) is 5.73 Å². The molecule has 2 nitrogen and oxygen atoms in total. The van der Waals surface area contributed by atoms with Crippen LogP contribution in [0.5, 0.6) is 0 Å². The molecule has 0 spiro atoms. The van der Waals surface area contributed by atoms with Crippen LogP contribution in [-0.4, -0.2) is 31.1 Å². The number of rotatable bonds is 2. The fourth-order valence-electron chi connectivity index (χ4n) is 2.05. The zero-order chi connectivity index (χ0) is 9.90. The number of hydrogen-bond acceptors (Lipinski definition) is 2. The van der Waals surface area contributed by atoms with Crippen LogP contribution in [0.2, 0.25) is 0 Å². The summed E-state index contributed by atoms with van der Waals surface area (Å²) in [5.41, 5.74) is 6.10. The van der Waals surface area contributed by atoms with Gasteiger partial charge in [0.05, 0.1) is 0 Å². The second kappa shape index (κ2) is 7.72. The van der Waals surface area contributed by atoms with Gasteiger partial charge >= 0.3 is 0 Å². The predicted octanol–water partition coefficient (Wildman–Crippen LogP) is 2.55. The Balaban J connectivity index is 0. The molecule has 1 saturated heterocycles. The molecule has 0 aromatic heterocycles. The van der Waals surface area contributed by atoms with E-state index >= 15 is 0 Å². The summed E-state index contributed by atoms with van der Waals surface area (Å²) in [5, 5.41) is 0. The van der Waals surface area contributed by atoms with Crippen LogP contribution in [0.4, 0.5) is 0 Å². The minimum Gasteiger partial charge on any atom is -0.330 e. The average Bonchev–Trinajstić information content (AvgIpc) is 2.03. The molecule has 0 saturated carbocycles. The summed E-state index contributed by atoms with van der Waals surface area (Å²) in [5.74, 6) is 0.788. The molecule has 0 aromatic carbocycles. The van der Waals surface area contributed by atoms with Crippen molar-refractivity contribution in [2.24, 2.45) is 17.1 Å². The third-order valence-corrected chi connectivity index (χ3v) is 2.74. The zero-order valence-electron chi connectivity index (χ0n) is 10.2. The zero-order valence-corrected chi connectivity index (χ0v) is 11.8. The lowest BCUT2D eigenvalue weighted by molar-refractivity contribution is 0.139. The van der Waals surface area contributed by atoms with Crippen molar-refractivity contribution < 1.29 is 0 Å². The molecular formula is C11H26Cl2N2. The largest absolute Gasteiger partial charge is 0.330 e. The Hall–Kier alpha value is 0.500. The fraction of sp³-hybridized carbons (Fsp3) is 1.00. The van der Waals surface area contributed by atoms with E-state index < -0.39 is 0 Å². The third kappa shape index (κ3) is 7.40. The van der Waals surface area contributed by atoms with E-state index in [9.17, 15) is 0 Å². The molecule has 1 aliphatic heterocycles. The van der Waals surface area contributed by atoms with Crippen LogP contribution in [0, 0.1) is 11.3 Å². The number of piperidine rings is 1. The molecule has 0 aliphatic carbocycles. The van der Waals surface area contributed by atoms with Crippen molar-refractivity contribution in [3.8, 4) is 0 Å². The summed E-state index contributed by atoms with van der Waals surface area (Å²) in [7, 11) is 0. The Labute approximate surface area is 107 Å². The van der Waals surface area contributed by atoms with Gasteiger partial charge in [0.25, 0.3) is 0 Å². The second-order valence-electron chi connectivity index (χ2n) is 5.52. The van der Waals surface area contributed by atoms with Gasteiger partial charge in [-0.3, -0.25) is 0 Å². The maximum atomic E-state index is 5.66. The molecule has 15 heavy (non-hydrogen) atoms. The molecule has 2 N–H and O–H groups in total. The monoisotopic (exact) mass is 256 g/mol. The number of likely N-dealkylation sites (tertiary alicyclic amines) is 1. The first-order valence-electron chi connectivity index (χ1n) is 5.44. The fourth-order valence-corrected chi connectivity index (χ4v) is 2.05. The van der Waals surface area contributed by atoms with Crippen molar-refractivity contribution in [1.29, 1.82) is 0 Å². The van der Waals surface area contributed by atoms with Crippen LogP contribution in [0.25, 0.3) is 0 Å². The topological polar surface area (TPSA) is 29.3 Å². The van der Waals surface area contributed by atoms with Gasteiger partial charge in [-0.1, -0.05) is 20.8 Å². The summed E-state index contributed by atoms with van der Waals surface area (Å²) >= 11 is 0. The quantitative estimate of drug-likeness (QED) is 0.823. The maximum absolute atomic E-state index is 5.66. The lowest BCUT2D eigenvalue weighted by Gasteiger charge is -2.35. The van der Waals surface area contributed by atoms with E-state index in [1.807, 2.05) is 0 Å². The van der Waals surface area contributed by atoms with Crippen LogP contribution in [0.15, 0.2) is 0 Å². The molecule has 0 radical (unpaired) electrons. The van der Waals surface area contributed by atoms with Crippen LogP contribution in [-0.2, 0) is 0 Å². The molecule has 0 aromatic rings. The Morgan fingerprint density at radius 2 is 1.60 bits per heavy atom. The molecule has 0 bridgehead atoms. The molecule has 0 unspecified atom stereocenters. The van der Waals surface area contributed by atoms with E-state index in [1.165, 1.54) is 32.5 Å². The Kier molecular flexibility index (Phi) is 9.20. The van der Waals surface area contributed by atoms with Crippen molar-refractivity contribution >= 4 is 24.8 Å². The molecule has 94 valence electrons. The molecule has 1 aliphatic rings. The maximum Gasteiger partial charge on any atom is 0.00300 e. The van der Waals surface area contributed by atoms with E-state index in [0.29, 0.717) is 5.41 Å². The molecule has 1 heterocycles. The van der Waals surface area contributed by atoms with Crippen molar-refractivity contribution in [1.82, 2.24) is 4.90 Å². The highest BCUT2D eigenvalue weighted by Crippen LogP contribution is 2.21. The predicted molar refractivity (Wildman–Crippen MR) is 72.2 cm³/mol. The number of nitrogens with two attached hydrogens (primary N) is 1. The minimum atomic E-state index is 0. The molecule has 0 amide bonds. The van der Waals surface area contributed by atoms with Gasteiger partial charge in [-0.15, -0.1) is 24.8 Å². The summed E-state index contributed by atoms with van der Waals surface area (Å²) < 4.78 is 0. The van der Waals surface area contributed by atoms with Crippen molar-refractivity contribution in [2.75, 3.05) is 26.2 Å². The first kappa shape index (κ1) is 17.9. The Morgan fingerprint density at radius 3 is 1.93 bits per heavy atom.